The van der Waals surface area contributed by atoms with E-state index in [-0.39, 0.29) is 36.7 Å². The molecular formula is C15H22ClN3O4. The number of nitrogens with zero attached hydrogens (tertiary/aromatic N) is 2. The van der Waals surface area contributed by atoms with E-state index in [1.807, 2.05) is 6.92 Å². The molecule has 0 bridgehead atoms. The lowest BCUT2D eigenvalue weighted by Crippen LogP contribution is -2.46. The fourth-order valence-electron chi connectivity index (χ4n) is 2.59. The number of amides is 1. The topological polar surface area (TPSA) is 98.7 Å². The molecule has 2 unspecified atom stereocenters. The number of piperidine rings is 1. The molecule has 1 amide bonds. The Morgan fingerprint density at radius 1 is 1.57 bits per heavy atom. The summed E-state index contributed by atoms with van der Waals surface area (Å²) in [7, 11) is 0. The van der Waals surface area contributed by atoms with Gasteiger partial charge in [-0.25, -0.2) is 0 Å². The number of carbonyl (C=O) groups is 1. The lowest BCUT2D eigenvalue weighted by atomic mass is 9.92. The molecule has 7 nitrogen and oxygen atoms in total. The van der Waals surface area contributed by atoms with Crippen LogP contribution in [-0.4, -0.2) is 41.5 Å². The molecule has 2 N–H and O–H groups in total. The summed E-state index contributed by atoms with van der Waals surface area (Å²) < 4.78 is 5.38. The minimum atomic E-state index is -0.494. The van der Waals surface area contributed by atoms with E-state index in [1.165, 1.54) is 18.2 Å². The first-order valence-electron chi connectivity index (χ1n) is 7.38. The summed E-state index contributed by atoms with van der Waals surface area (Å²) >= 11 is 0. The van der Waals surface area contributed by atoms with Crippen molar-refractivity contribution in [3.8, 4) is 5.75 Å². The van der Waals surface area contributed by atoms with Crippen molar-refractivity contribution in [1.82, 2.24) is 4.90 Å². The standard InChI is InChI=1S/C15H21N3O4.ClH/c1-11(16)12-4-3-7-17(9-12)15(19)10-22-14-6-2-5-13(8-14)18(20)21;/h2,5-6,8,11-12H,3-4,7,9-10,16H2,1H3;1H. The van der Waals surface area contributed by atoms with Crippen LogP contribution in [-0.2, 0) is 4.79 Å². The van der Waals surface area contributed by atoms with E-state index < -0.39 is 4.92 Å². The van der Waals surface area contributed by atoms with Crippen LogP contribution in [0.5, 0.6) is 5.75 Å². The summed E-state index contributed by atoms with van der Waals surface area (Å²) in [6.45, 7) is 3.19. The number of carbonyl (C=O) groups excluding carboxylic acids is 1. The first kappa shape index (κ1) is 19.2. The third-order valence-corrected chi connectivity index (χ3v) is 3.94. The second kappa shape index (κ2) is 8.69. The molecule has 0 aromatic heterocycles. The molecule has 23 heavy (non-hydrogen) atoms. The van der Waals surface area contributed by atoms with Crippen LogP contribution >= 0.6 is 12.4 Å². The Labute approximate surface area is 141 Å². The zero-order chi connectivity index (χ0) is 16.1. The fraction of sp³-hybridized carbons (Fsp3) is 0.533. The van der Waals surface area contributed by atoms with Crippen LogP contribution < -0.4 is 10.5 Å². The number of halogens is 1. The maximum Gasteiger partial charge on any atom is 0.273 e. The van der Waals surface area contributed by atoms with Gasteiger partial charge >= 0.3 is 0 Å². The van der Waals surface area contributed by atoms with Gasteiger partial charge in [0.15, 0.2) is 6.61 Å². The third-order valence-electron chi connectivity index (χ3n) is 3.94. The number of benzene rings is 1. The van der Waals surface area contributed by atoms with Crippen LogP contribution in [0.2, 0.25) is 0 Å². The molecule has 0 spiro atoms. The van der Waals surface area contributed by atoms with E-state index in [4.69, 9.17) is 10.5 Å². The van der Waals surface area contributed by atoms with Gasteiger partial charge in [-0.2, -0.15) is 0 Å². The molecule has 1 saturated heterocycles. The van der Waals surface area contributed by atoms with Gasteiger partial charge in [-0.3, -0.25) is 14.9 Å². The fourth-order valence-corrected chi connectivity index (χ4v) is 2.59. The number of ether oxygens (including phenoxy) is 1. The summed E-state index contributed by atoms with van der Waals surface area (Å²) in [5, 5.41) is 10.7. The van der Waals surface area contributed by atoms with E-state index >= 15 is 0 Å². The first-order chi connectivity index (χ1) is 10.5. The number of rotatable bonds is 5. The van der Waals surface area contributed by atoms with Crippen molar-refractivity contribution in [2.24, 2.45) is 11.7 Å². The lowest BCUT2D eigenvalue weighted by Gasteiger charge is -2.34. The average Bonchev–Trinajstić information content (AvgIpc) is 2.53. The Hall–Kier alpha value is -1.86. The van der Waals surface area contributed by atoms with Crippen LogP contribution in [0.15, 0.2) is 24.3 Å². The van der Waals surface area contributed by atoms with Crippen LogP contribution in [0.25, 0.3) is 0 Å². The molecule has 2 atom stereocenters. The number of nitrogens with two attached hydrogens (primary N) is 1. The largest absolute Gasteiger partial charge is 0.484 e. The summed E-state index contributed by atoms with van der Waals surface area (Å²) in [5.74, 6) is 0.524. The predicted octanol–water partition coefficient (Wildman–Crippen LogP) is 1.98. The van der Waals surface area contributed by atoms with E-state index in [0.717, 1.165) is 12.8 Å². The van der Waals surface area contributed by atoms with Gasteiger partial charge < -0.3 is 15.4 Å². The summed E-state index contributed by atoms with van der Waals surface area (Å²) in [6, 6.07) is 5.89. The van der Waals surface area contributed by atoms with Crippen molar-refractivity contribution in [2.45, 2.75) is 25.8 Å². The number of nitro benzene ring substituents is 1. The maximum atomic E-state index is 12.2. The summed E-state index contributed by atoms with van der Waals surface area (Å²) in [5.41, 5.74) is 5.85. The number of hydrogen-bond acceptors (Lipinski definition) is 5. The predicted molar refractivity (Wildman–Crippen MR) is 88.8 cm³/mol. The molecule has 1 fully saturated rings. The van der Waals surface area contributed by atoms with E-state index in [0.29, 0.717) is 24.8 Å². The second-order valence-corrected chi connectivity index (χ2v) is 5.64. The summed E-state index contributed by atoms with van der Waals surface area (Å²) in [6.07, 6.45) is 1.97. The molecule has 0 saturated carbocycles. The highest BCUT2D eigenvalue weighted by atomic mass is 35.5. The Kier molecular flexibility index (Phi) is 7.25. The van der Waals surface area contributed by atoms with Crippen LogP contribution in [0.4, 0.5) is 5.69 Å². The van der Waals surface area contributed by atoms with Gasteiger partial charge in [-0.15, -0.1) is 12.4 Å². The van der Waals surface area contributed by atoms with E-state index in [1.54, 1.807) is 11.0 Å². The molecule has 1 aromatic carbocycles. The normalized spacial score (nSPS) is 18.7. The zero-order valence-electron chi connectivity index (χ0n) is 13.0. The quantitative estimate of drug-likeness (QED) is 0.651. The Morgan fingerprint density at radius 2 is 2.30 bits per heavy atom. The number of hydrogen-bond donors (Lipinski definition) is 1. The molecule has 2 rings (SSSR count). The van der Waals surface area contributed by atoms with Gasteiger partial charge in [0, 0.05) is 25.2 Å². The molecule has 128 valence electrons. The molecule has 0 aliphatic carbocycles. The monoisotopic (exact) mass is 343 g/mol. The molecule has 1 aliphatic heterocycles. The van der Waals surface area contributed by atoms with Crippen molar-refractivity contribution in [3.05, 3.63) is 34.4 Å². The van der Waals surface area contributed by atoms with Crippen molar-refractivity contribution in [2.75, 3.05) is 19.7 Å². The Balaban J connectivity index is 0.00000264. The van der Waals surface area contributed by atoms with Crippen molar-refractivity contribution in [3.63, 3.8) is 0 Å². The third kappa shape index (κ3) is 5.37. The van der Waals surface area contributed by atoms with Gasteiger partial charge in [0.05, 0.1) is 11.0 Å². The minimum absolute atomic E-state index is 0. The highest BCUT2D eigenvalue weighted by Crippen LogP contribution is 2.21. The summed E-state index contributed by atoms with van der Waals surface area (Å²) in [4.78, 5) is 24.2. The molecule has 1 aromatic rings. The molecule has 1 aliphatic rings. The number of non-ortho nitro benzene ring substituents is 1. The molecular weight excluding hydrogens is 322 g/mol. The van der Waals surface area contributed by atoms with E-state index in [2.05, 4.69) is 0 Å². The Morgan fingerprint density at radius 3 is 2.96 bits per heavy atom. The highest BCUT2D eigenvalue weighted by molar-refractivity contribution is 5.85. The van der Waals surface area contributed by atoms with Crippen LogP contribution in [0, 0.1) is 16.0 Å². The zero-order valence-corrected chi connectivity index (χ0v) is 13.8. The average molecular weight is 344 g/mol. The van der Waals surface area contributed by atoms with Gasteiger partial charge in [-0.05, 0) is 31.7 Å². The Bertz CT molecular complexity index is 553. The van der Waals surface area contributed by atoms with E-state index in [9.17, 15) is 14.9 Å². The SMILES string of the molecule is CC(N)C1CCCN(C(=O)COc2cccc([N+](=O)[O-])c2)C1.Cl. The molecule has 0 radical (unpaired) electrons. The number of nitro groups is 1. The smallest absolute Gasteiger partial charge is 0.273 e. The minimum Gasteiger partial charge on any atom is -0.484 e. The van der Waals surface area contributed by atoms with Gasteiger partial charge in [0.2, 0.25) is 0 Å². The molecule has 8 heteroatoms. The van der Waals surface area contributed by atoms with Gasteiger partial charge in [0.25, 0.3) is 11.6 Å². The van der Waals surface area contributed by atoms with Gasteiger partial charge in [-0.1, -0.05) is 6.07 Å². The second-order valence-electron chi connectivity index (χ2n) is 5.64. The van der Waals surface area contributed by atoms with Crippen LogP contribution in [0.1, 0.15) is 19.8 Å². The first-order valence-corrected chi connectivity index (χ1v) is 7.38. The van der Waals surface area contributed by atoms with Gasteiger partial charge in [0.1, 0.15) is 5.75 Å². The van der Waals surface area contributed by atoms with Crippen molar-refractivity contribution < 1.29 is 14.5 Å². The molecule has 1 heterocycles. The highest BCUT2D eigenvalue weighted by Gasteiger charge is 2.26. The van der Waals surface area contributed by atoms with Crippen molar-refractivity contribution >= 4 is 24.0 Å². The van der Waals surface area contributed by atoms with Crippen LogP contribution in [0.3, 0.4) is 0 Å². The maximum absolute atomic E-state index is 12.2. The lowest BCUT2D eigenvalue weighted by molar-refractivity contribution is -0.384. The number of likely N-dealkylation sites (tertiary alicyclic amines) is 1. The van der Waals surface area contributed by atoms with Crippen molar-refractivity contribution in [1.29, 1.82) is 0 Å².